The number of halogens is 12. The number of hydrogen-bond acceptors (Lipinski definition) is 9. The van der Waals surface area contributed by atoms with Crippen LogP contribution in [0.2, 0.25) is 0 Å². The van der Waals surface area contributed by atoms with Gasteiger partial charge in [-0.1, -0.05) is 27.7 Å². The van der Waals surface area contributed by atoms with Crippen LogP contribution in [0.1, 0.15) is 203 Å². The molecule has 688 valence electrons. The standard InChI is InChI=1S/C27H23F3N4O.3C26H25F3N4/c1-13-14-5-7-15(8-6-14)23(13)33-27-22(30)21(20-4-3-9-35-20)26(31-2)25(34-27)18-12-32-24-17(18)10-16(28)11-19(24)29;3*1-12-13-3-7-15(8-4-13)22(12)32-26-21(29)20(14-5-6-14)25(30-2)24(33-26)18-11-31-23-17(18)9-16(27)10-19(23)28/h3-4,9-15,23,32H,5-8H2,1H3,(H,33,34);3*9-15,22,31H,3-8H2,1H3,(H,32,33)/t;2*12-,13?,15?,22+;/m.10./s1. The second kappa shape index (κ2) is 34.9. The molecule has 0 saturated heterocycles. The maximum Gasteiger partial charge on any atom is 0.226 e. The van der Waals surface area contributed by atoms with Gasteiger partial charge in [-0.2, -0.15) is 0 Å². The van der Waals surface area contributed by atoms with Crippen molar-refractivity contribution in [3.63, 3.8) is 0 Å². The first kappa shape index (κ1) is 87.9. The topological polar surface area (TPSA) is 193 Å². The molecule has 8 atom stereocenters. The third-order valence-corrected chi connectivity index (χ3v) is 32.3. The van der Waals surface area contributed by atoms with Crippen LogP contribution in [-0.4, -0.2) is 64.0 Å². The van der Waals surface area contributed by atoms with Crippen LogP contribution in [0, 0.1) is 167 Å². The number of furan rings is 1. The normalized spacial score (nSPS) is 25.7. The fraction of sp³-hybridized carbons (Fsp3) is 0.429. The molecule has 8 N–H and O–H groups in total. The van der Waals surface area contributed by atoms with Crippen molar-refractivity contribution in [2.45, 2.75) is 211 Å². The zero-order chi connectivity index (χ0) is 92.8. The van der Waals surface area contributed by atoms with Crippen molar-refractivity contribution in [1.29, 1.82) is 0 Å². The Morgan fingerprint density at radius 1 is 0.313 bits per heavy atom. The molecular weight excluding hydrogens is 1730 g/mol. The van der Waals surface area contributed by atoms with Crippen LogP contribution >= 0.6 is 0 Å². The number of nitrogens with one attached hydrogen (secondary N) is 8. The minimum absolute atomic E-state index is 0.0163. The monoisotopic (exact) mass is 1830 g/mol. The third-order valence-electron chi connectivity index (χ3n) is 32.3. The first-order valence-electron chi connectivity index (χ1n) is 47.2. The van der Waals surface area contributed by atoms with Crippen molar-refractivity contribution < 1.29 is 57.1 Å². The first-order valence-corrected chi connectivity index (χ1v) is 47.2. The zero-order valence-electron chi connectivity index (χ0n) is 74.2. The van der Waals surface area contributed by atoms with E-state index in [9.17, 15) is 35.1 Å². The molecule has 15 aliphatic carbocycles. The van der Waals surface area contributed by atoms with Crippen molar-refractivity contribution in [3.8, 4) is 56.4 Å². The van der Waals surface area contributed by atoms with Crippen molar-refractivity contribution >= 4 is 89.6 Å². The maximum atomic E-state index is 16.0. The molecule has 9 heterocycles. The molecule has 0 aliphatic heterocycles. The lowest BCUT2D eigenvalue weighted by atomic mass is 9.62. The molecule has 15 aliphatic rings. The summed E-state index contributed by atoms with van der Waals surface area (Å²) in [5.41, 5.74) is 4.57. The molecule has 13 aromatic rings. The number of fused-ring (bicyclic) bond motifs is 16. The zero-order valence-corrected chi connectivity index (χ0v) is 74.2. The summed E-state index contributed by atoms with van der Waals surface area (Å²) in [7, 11) is 0. The lowest BCUT2D eigenvalue weighted by Gasteiger charge is -2.47. The van der Waals surface area contributed by atoms with E-state index in [4.69, 9.17) is 30.7 Å². The van der Waals surface area contributed by atoms with Gasteiger partial charge in [0.05, 0.1) is 83.0 Å². The second-order valence-electron chi connectivity index (χ2n) is 39.6. The molecule has 0 radical (unpaired) electrons. The Bertz CT molecular complexity index is 6520. The molecule has 0 amide bonds. The summed E-state index contributed by atoms with van der Waals surface area (Å²) in [5, 5.41) is 14.8. The fourth-order valence-corrected chi connectivity index (χ4v) is 24.8. The average Bonchev–Trinajstić information content (AvgIpc) is 1.50. The lowest BCUT2D eigenvalue weighted by molar-refractivity contribution is 0.0926. The number of nitrogens with zero attached hydrogens (tertiary/aromatic N) is 8. The van der Waals surface area contributed by atoms with Crippen molar-refractivity contribution in [2.75, 3.05) is 21.3 Å². The van der Waals surface area contributed by atoms with Crippen LogP contribution in [0.3, 0.4) is 0 Å². The minimum Gasteiger partial charge on any atom is -0.466 e. The summed E-state index contributed by atoms with van der Waals surface area (Å²) < 4.78 is 183. The SMILES string of the molecule is [C-]#[N+]c1c(-c2c[nH]c3c(F)cc(F)cc23)nc(NC2C3CCC(CC3)C2C)c(F)c1-c1ccco1.[C-]#[N+]c1c(-c2c[nH]c3c(F)cc(F)cc23)nc(NC2C3CCC(CC3)C2C)c(F)c1C1CC1.[C-]#[N+]c1c(-c2c[nH]c3c(F)cc(F)cc23)nc(N[C@@H]2C3CCC(CC3)[C@H]2C)c(F)c1C1CC1.[C-]#[N+]c1c(-c2c[nH]c3c(F)cc(F)cc23)nc(N[C@H]2C3CCC(CC3)[C@@H]2C)c(F)c1C1CC1. The molecule has 9 aromatic heterocycles. The van der Waals surface area contributed by atoms with E-state index < -0.39 is 69.8 Å². The summed E-state index contributed by atoms with van der Waals surface area (Å²) in [6.07, 6.45) is 31.2. The predicted molar refractivity (Wildman–Crippen MR) is 492 cm³/mol. The Kier molecular flexibility index (Phi) is 22.9. The van der Waals surface area contributed by atoms with E-state index in [0.717, 1.165) is 114 Å². The van der Waals surface area contributed by atoms with Gasteiger partial charge in [0.25, 0.3) is 0 Å². The maximum absolute atomic E-state index is 16.0. The number of hydrogen-bond donors (Lipinski definition) is 8. The van der Waals surface area contributed by atoms with Crippen molar-refractivity contribution in [1.82, 2.24) is 39.9 Å². The highest BCUT2D eigenvalue weighted by Gasteiger charge is 2.48. The van der Waals surface area contributed by atoms with E-state index in [-0.39, 0.29) is 149 Å². The van der Waals surface area contributed by atoms with Crippen LogP contribution < -0.4 is 21.3 Å². The summed E-state index contributed by atoms with van der Waals surface area (Å²) in [4.78, 5) is 44.3. The van der Waals surface area contributed by atoms with Crippen LogP contribution in [0.5, 0.6) is 0 Å². The van der Waals surface area contributed by atoms with Gasteiger partial charge in [-0.15, -0.1) is 0 Å². The van der Waals surface area contributed by atoms with Crippen LogP contribution in [0.15, 0.2) is 96.1 Å². The Balaban J connectivity index is 0.000000107. The minimum atomic E-state index is -0.755. The van der Waals surface area contributed by atoms with E-state index in [1.807, 2.05) is 0 Å². The quantitative estimate of drug-likeness (QED) is 0.0343. The highest BCUT2D eigenvalue weighted by molar-refractivity contribution is 6.04. The molecule has 4 unspecified atom stereocenters. The molecular formula is C105H98F12N16O. The van der Waals surface area contributed by atoms with Gasteiger partial charge >= 0.3 is 0 Å². The Morgan fingerprint density at radius 3 is 0.776 bits per heavy atom. The van der Waals surface area contributed by atoms with E-state index in [1.54, 1.807) is 12.1 Å². The summed E-state index contributed by atoms with van der Waals surface area (Å²) in [5.74, 6) is -1.14. The van der Waals surface area contributed by atoms with Crippen LogP contribution in [0.25, 0.3) is 119 Å². The van der Waals surface area contributed by atoms with E-state index >= 15 is 17.6 Å². The number of pyridine rings is 4. The van der Waals surface area contributed by atoms with Gasteiger partial charge in [-0.05, 0) is 266 Å². The number of H-pyrrole nitrogens is 4. The van der Waals surface area contributed by atoms with Crippen LogP contribution in [-0.2, 0) is 0 Å². The highest BCUT2D eigenvalue weighted by Crippen LogP contribution is 2.58. The fourth-order valence-electron chi connectivity index (χ4n) is 24.8. The van der Waals surface area contributed by atoms with Gasteiger partial charge in [0.15, 0.2) is 46.5 Å². The molecule has 29 heteroatoms. The first-order chi connectivity index (χ1) is 64.8. The number of aromatic nitrogens is 8. The largest absolute Gasteiger partial charge is 0.466 e. The second-order valence-corrected chi connectivity index (χ2v) is 39.6. The molecule has 17 nitrogen and oxygen atoms in total. The number of aromatic amines is 4. The number of anilines is 4. The molecule has 8 bridgehead atoms. The molecule has 4 aromatic carbocycles. The summed E-state index contributed by atoms with van der Waals surface area (Å²) in [6.45, 7) is 40.1. The molecule has 15 saturated carbocycles. The van der Waals surface area contributed by atoms with E-state index in [0.29, 0.717) is 126 Å². The third kappa shape index (κ3) is 15.6. The smallest absolute Gasteiger partial charge is 0.226 e. The molecule has 28 rings (SSSR count). The average molecular weight is 1830 g/mol. The number of rotatable bonds is 16. The van der Waals surface area contributed by atoms with Gasteiger partial charge in [0.1, 0.15) is 52.3 Å². The van der Waals surface area contributed by atoms with Crippen molar-refractivity contribution in [2.24, 2.45) is 71.0 Å². The number of benzene rings is 4. The summed E-state index contributed by atoms with van der Waals surface area (Å²) >= 11 is 0. The lowest BCUT2D eigenvalue weighted by Crippen LogP contribution is -2.47. The van der Waals surface area contributed by atoms with E-state index in [1.165, 1.54) is 107 Å². The van der Waals surface area contributed by atoms with Crippen LogP contribution in [0.4, 0.5) is 98.7 Å². The van der Waals surface area contributed by atoms with Gasteiger partial charge in [0, 0.05) is 134 Å². The Labute approximate surface area is 766 Å². The summed E-state index contributed by atoms with van der Waals surface area (Å²) in [6, 6.07) is 11.8. The van der Waals surface area contributed by atoms with Crippen molar-refractivity contribution in [3.05, 3.63) is 224 Å². The van der Waals surface area contributed by atoms with Gasteiger partial charge in [0.2, 0.25) is 22.7 Å². The predicted octanol–water partition coefficient (Wildman–Crippen LogP) is 29.6. The van der Waals surface area contributed by atoms with E-state index in [2.05, 4.69) is 108 Å². The Hall–Kier alpha value is -12.8. The van der Waals surface area contributed by atoms with Gasteiger partial charge in [-0.3, -0.25) is 0 Å². The molecule has 0 spiro atoms. The molecule has 15 fully saturated rings. The molecule has 134 heavy (non-hydrogen) atoms. The van der Waals surface area contributed by atoms with Gasteiger partial charge in [-0.25, -0.2) is 92.0 Å². The Morgan fingerprint density at radius 2 is 0.552 bits per heavy atom. The highest BCUT2D eigenvalue weighted by atomic mass is 19.2. The van der Waals surface area contributed by atoms with Gasteiger partial charge < -0.3 is 45.6 Å².